The molecule has 4 atom stereocenters. The number of carbonyl (C=O) groups excluding carboxylic acids is 4. The van der Waals surface area contributed by atoms with Gasteiger partial charge >= 0.3 is 24.8 Å². The quantitative estimate of drug-likeness (QED) is 0.0348. The molecule has 4 aliphatic heterocycles. The number of thiophene rings is 4. The van der Waals surface area contributed by atoms with E-state index < -0.39 is 4.30 Å². The van der Waals surface area contributed by atoms with E-state index in [-0.39, 0.29) is 23.6 Å². The fourth-order valence-corrected chi connectivity index (χ4v) is 15.4. The van der Waals surface area contributed by atoms with Crippen LogP contribution in [0.3, 0.4) is 0 Å². The van der Waals surface area contributed by atoms with E-state index in [1.165, 1.54) is 0 Å². The summed E-state index contributed by atoms with van der Waals surface area (Å²) in [5.41, 5.74) is 5.73. The van der Waals surface area contributed by atoms with Crippen molar-refractivity contribution in [3.05, 3.63) is 109 Å². The molecule has 9 nitrogen and oxygen atoms in total. The Labute approximate surface area is 537 Å². The van der Waals surface area contributed by atoms with Gasteiger partial charge in [0.05, 0.1) is 72.2 Å². The van der Waals surface area contributed by atoms with Crippen molar-refractivity contribution in [2.24, 2.45) is 28.0 Å². The molecule has 1 radical (unpaired) electrons. The van der Waals surface area contributed by atoms with Gasteiger partial charge in [-0.05, 0) is 128 Å². The number of fused-ring (bicyclic) bond motifs is 2. The third-order valence-corrected chi connectivity index (χ3v) is 20.4. The summed E-state index contributed by atoms with van der Waals surface area (Å²) >= 11 is 31.2. The number of halogens is 5. The predicted molar refractivity (Wildman–Crippen MR) is 359 cm³/mol. The Morgan fingerprint density at radius 1 is 0.469 bits per heavy atom. The van der Waals surface area contributed by atoms with Crippen molar-refractivity contribution < 1.29 is 19.2 Å². The fourth-order valence-electron chi connectivity index (χ4n) is 10.9. The molecule has 0 bridgehead atoms. The van der Waals surface area contributed by atoms with Crippen molar-refractivity contribution >= 4 is 179 Å². The van der Waals surface area contributed by atoms with Crippen molar-refractivity contribution in [2.75, 3.05) is 26.2 Å². The van der Waals surface area contributed by atoms with Crippen molar-refractivity contribution in [1.29, 1.82) is 0 Å². The first-order chi connectivity index (χ1) is 39.0. The van der Waals surface area contributed by atoms with Crippen LogP contribution in [0.25, 0.3) is 22.8 Å². The van der Waals surface area contributed by atoms with Crippen LogP contribution in [0, 0.1) is 23.7 Å². The topological polar surface area (TPSA) is 93.6 Å². The van der Waals surface area contributed by atoms with Crippen LogP contribution in [0.5, 0.6) is 0 Å². The molecule has 0 aliphatic carbocycles. The number of carbonyl (C=O) groups is 4. The zero-order valence-electron chi connectivity index (χ0n) is 48.2. The number of unbranched alkanes of at least 4 members (excludes halogenated alkanes) is 4. The summed E-state index contributed by atoms with van der Waals surface area (Å²) in [6, 6.07) is 16.3. The molecule has 441 valence electrons. The van der Waals surface area contributed by atoms with Gasteiger partial charge in [-0.15, -0.1) is 45.3 Å². The summed E-state index contributed by atoms with van der Waals surface area (Å²) in [5, 5.41) is 4.08. The number of hydrogen-bond donors (Lipinski definition) is 1. The van der Waals surface area contributed by atoms with Crippen molar-refractivity contribution in [3.63, 3.8) is 0 Å². The summed E-state index contributed by atoms with van der Waals surface area (Å²) in [6.07, 6.45) is 17.7. The van der Waals surface area contributed by atoms with E-state index in [4.69, 9.17) is 34.8 Å². The van der Waals surface area contributed by atoms with E-state index >= 15 is 0 Å². The van der Waals surface area contributed by atoms with E-state index in [2.05, 4.69) is 124 Å². The molecular weight excluding hydrogens is 1300 g/mol. The van der Waals surface area contributed by atoms with Gasteiger partial charge in [0.1, 0.15) is 0 Å². The van der Waals surface area contributed by atoms with Crippen LogP contribution in [-0.2, 0) is 19.2 Å². The van der Waals surface area contributed by atoms with Gasteiger partial charge < -0.3 is 19.6 Å². The second-order valence-electron chi connectivity index (χ2n) is 20.7. The van der Waals surface area contributed by atoms with Crippen LogP contribution in [0.15, 0.2) is 93.5 Å². The van der Waals surface area contributed by atoms with Crippen molar-refractivity contribution in [1.82, 2.24) is 19.6 Å². The molecular formula is C61H80BBr2Cl3N5O4S5. The first-order valence-electron chi connectivity index (χ1n) is 28.8. The number of nitrogens with zero attached hydrogens (tertiary/aromatic N) is 5. The summed E-state index contributed by atoms with van der Waals surface area (Å²) in [5.74, 6) is 1.63. The molecule has 0 fully saturated rings. The standard InChI is InChI=1S/C30H38Br2N2O2S2.C30H40N2O2S2.CHCl3.BHNS/c1-5-9-11-19(7-3)17-33-27(21-13-15-23(31)37-21)25-26(29(33)35)28(22-14-16-24(32)38-22)34(30(25)36)18-20(8-4)12-10-6-2;1-5-9-13-21(7-3)19-31-27(23-15-11-17-35-23)25-26(29(31)33)28(24-16-12-18-36-24)32(30(25)34)20-22(8-4)14-10-6-2;2-1(3)4;1-2-3/h13-16,19-20H,5-12,17-18H2,1-4H3;11-12,15-18,21-22H,5-10,13-14,19-20H2,1-4H3;1H;3H. The number of thiol groups is 1. The van der Waals surface area contributed by atoms with Crippen LogP contribution in [0.4, 0.5) is 0 Å². The first-order valence-corrected chi connectivity index (χ1v) is 35.5. The Kier molecular flexibility index (Phi) is 30.3. The van der Waals surface area contributed by atoms with E-state index in [0.29, 0.717) is 72.1 Å². The number of hydrogen-bond acceptors (Lipinski definition) is 10. The van der Waals surface area contributed by atoms with E-state index in [1.807, 2.05) is 66.8 Å². The van der Waals surface area contributed by atoms with Gasteiger partial charge in [0.25, 0.3) is 23.6 Å². The van der Waals surface area contributed by atoms with Gasteiger partial charge in [0.2, 0.25) is 0 Å². The molecule has 0 aromatic carbocycles. The monoisotopic (exact) mass is 1380 g/mol. The molecule has 4 aromatic rings. The zero-order valence-corrected chi connectivity index (χ0v) is 57.8. The number of amides is 4. The first kappa shape index (κ1) is 69.5. The Morgan fingerprint density at radius 2 is 0.716 bits per heavy atom. The molecule has 4 aliphatic rings. The average molecular weight is 1380 g/mol. The van der Waals surface area contributed by atoms with Crippen molar-refractivity contribution in [3.8, 4) is 0 Å². The minimum absolute atomic E-state index is 0.00389. The fraction of sp³-hybridized carbons (Fsp3) is 0.541. The molecule has 0 spiro atoms. The third-order valence-electron chi connectivity index (χ3n) is 15.4. The molecule has 8 heterocycles. The van der Waals surface area contributed by atoms with Crippen LogP contribution < -0.4 is 0 Å². The summed E-state index contributed by atoms with van der Waals surface area (Å²) in [4.78, 5) is 68.8. The van der Waals surface area contributed by atoms with Crippen molar-refractivity contribution in [2.45, 2.75) is 162 Å². The summed E-state index contributed by atoms with van der Waals surface area (Å²) < 4.78 is 3.94. The molecule has 20 heteroatoms. The normalized spacial score (nSPS) is 16.5. The molecule has 0 saturated carbocycles. The molecule has 4 amide bonds. The minimum atomic E-state index is -0.750. The second kappa shape index (κ2) is 35.3. The third kappa shape index (κ3) is 17.9. The average Bonchev–Trinajstić information content (AvgIpc) is 4.10. The molecule has 0 N–H and O–H groups in total. The summed E-state index contributed by atoms with van der Waals surface area (Å²) in [7, 11) is 4.34. The van der Waals surface area contributed by atoms with E-state index in [1.54, 1.807) is 45.3 Å². The van der Waals surface area contributed by atoms with E-state index in [9.17, 15) is 19.2 Å². The zero-order chi connectivity index (χ0) is 59.3. The van der Waals surface area contributed by atoms with Crippen LogP contribution in [0.1, 0.15) is 178 Å². The van der Waals surface area contributed by atoms with Gasteiger partial charge in [-0.2, -0.15) is 0 Å². The summed E-state index contributed by atoms with van der Waals surface area (Å²) in [6.45, 7) is 20.3. The van der Waals surface area contributed by atoms with Gasteiger partial charge in [-0.1, -0.05) is 179 Å². The molecule has 0 saturated heterocycles. The molecule has 4 unspecified atom stereocenters. The van der Waals surface area contributed by atoms with Gasteiger partial charge in [-0.25, -0.2) is 0 Å². The van der Waals surface area contributed by atoms with Gasteiger partial charge in [0, 0.05) is 26.2 Å². The SMILES string of the molecule is CCCCC(CC)CN1C(=O)C2=C(c3ccc(Br)s3)N(CC(CC)CCCC)C(=O)C2=C1c1ccc(Br)s1.CCCCC(CC)CN1C(=O)C2=C(c3cccs3)N(CC(CC)CCCC)C(=O)C2=C1c1cccs1.ClC(Cl)Cl.[B]=NS. The Morgan fingerprint density at radius 3 is 0.901 bits per heavy atom. The maximum absolute atomic E-state index is 14.3. The maximum atomic E-state index is 14.3. The van der Waals surface area contributed by atoms with E-state index in [0.717, 1.165) is 153 Å². The second-order valence-corrected chi connectivity index (χ2v) is 29.8. The van der Waals surface area contributed by atoms with Gasteiger partial charge in [-0.3, -0.25) is 19.2 Å². The molecule has 8 rings (SSSR count). The number of alkyl halides is 3. The Bertz CT molecular complexity index is 2650. The molecule has 81 heavy (non-hydrogen) atoms. The Hall–Kier alpha value is -2.32. The van der Waals surface area contributed by atoms with Gasteiger partial charge in [0.15, 0.2) is 4.30 Å². The Balaban J connectivity index is 0.000000267. The molecule has 4 aromatic heterocycles. The predicted octanol–water partition coefficient (Wildman–Crippen LogP) is 19.8. The number of rotatable bonds is 28. The van der Waals surface area contributed by atoms with Crippen LogP contribution in [-0.4, -0.2) is 81.3 Å². The van der Waals surface area contributed by atoms with Crippen LogP contribution >= 0.6 is 125 Å². The van der Waals surface area contributed by atoms with Crippen LogP contribution in [0.2, 0.25) is 0 Å².